The highest BCUT2D eigenvalue weighted by Crippen LogP contribution is 2.53. The van der Waals surface area contributed by atoms with Crippen molar-refractivity contribution in [3.8, 4) is 6.07 Å². The molecule has 4 heteroatoms. The molecular weight excluding hydrogens is 252 g/mol. The van der Waals surface area contributed by atoms with Crippen molar-refractivity contribution in [3.05, 3.63) is 42.0 Å². The molecule has 4 nitrogen and oxygen atoms in total. The number of fused-ring (bicyclic) bond motifs is 5. The lowest BCUT2D eigenvalue weighted by Crippen LogP contribution is -2.33. The summed E-state index contributed by atoms with van der Waals surface area (Å²) in [6.45, 7) is 0. The summed E-state index contributed by atoms with van der Waals surface area (Å²) in [5, 5.41) is 9.16. The van der Waals surface area contributed by atoms with Crippen LogP contribution in [0.4, 0.5) is 5.69 Å². The zero-order valence-electron chi connectivity index (χ0n) is 10.7. The molecular formula is C16H12N2O2. The van der Waals surface area contributed by atoms with Gasteiger partial charge in [0.1, 0.15) is 6.07 Å². The second-order valence-electron chi connectivity index (χ2n) is 5.64. The Labute approximate surface area is 116 Å². The third kappa shape index (κ3) is 1.25. The molecule has 2 aliphatic carbocycles. The fourth-order valence-electron chi connectivity index (χ4n) is 3.90. The van der Waals surface area contributed by atoms with Gasteiger partial charge in [-0.1, -0.05) is 24.3 Å². The van der Waals surface area contributed by atoms with Crippen LogP contribution in [0.15, 0.2) is 36.4 Å². The average Bonchev–Trinajstić information content (AvgIpc) is 3.13. The van der Waals surface area contributed by atoms with Crippen LogP contribution >= 0.6 is 0 Å². The first kappa shape index (κ1) is 11.4. The highest BCUT2D eigenvalue weighted by atomic mass is 16.2. The van der Waals surface area contributed by atoms with E-state index in [0.29, 0.717) is 11.3 Å². The van der Waals surface area contributed by atoms with Crippen molar-refractivity contribution in [2.75, 3.05) is 4.90 Å². The molecule has 3 aliphatic rings. The van der Waals surface area contributed by atoms with E-state index >= 15 is 0 Å². The van der Waals surface area contributed by atoms with Crippen molar-refractivity contribution in [2.45, 2.75) is 6.42 Å². The Morgan fingerprint density at radius 2 is 1.65 bits per heavy atom. The van der Waals surface area contributed by atoms with E-state index < -0.39 is 0 Å². The monoisotopic (exact) mass is 264 g/mol. The molecule has 2 amide bonds. The number of amides is 2. The van der Waals surface area contributed by atoms with Crippen LogP contribution in [0, 0.1) is 35.0 Å². The summed E-state index contributed by atoms with van der Waals surface area (Å²) in [7, 11) is 0. The number of para-hydroxylation sites is 1. The van der Waals surface area contributed by atoms with E-state index in [1.807, 2.05) is 0 Å². The number of carbonyl (C=O) groups excluding carboxylic acids is 2. The molecule has 0 spiro atoms. The van der Waals surface area contributed by atoms with Crippen molar-refractivity contribution in [3.63, 3.8) is 0 Å². The van der Waals surface area contributed by atoms with Gasteiger partial charge in [-0.15, -0.1) is 0 Å². The molecule has 2 fully saturated rings. The van der Waals surface area contributed by atoms with Crippen LogP contribution in [-0.4, -0.2) is 11.8 Å². The van der Waals surface area contributed by atoms with Gasteiger partial charge in [-0.2, -0.15) is 5.26 Å². The van der Waals surface area contributed by atoms with E-state index in [4.69, 9.17) is 5.26 Å². The van der Waals surface area contributed by atoms with Crippen LogP contribution in [0.25, 0.3) is 0 Å². The average molecular weight is 264 g/mol. The van der Waals surface area contributed by atoms with Gasteiger partial charge in [0.15, 0.2) is 0 Å². The van der Waals surface area contributed by atoms with Crippen LogP contribution < -0.4 is 4.90 Å². The first-order valence-corrected chi connectivity index (χ1v) is 6.77. The van der Waals surface area contributed by atoms with Gasteiger partial charge in [-0.05, 0) is 30.4 Å². The minimum absolute atomic E-state index is 0.139. The van der Waals surface area contributed by atoms with E-state index in [9.17, 15) is 9.59 Å². The molecule has 4 atom stereocenters. The van der Waals surface area contributed by atoms with Gasteiger partial charge < -0.3 is 0 Å². The van der Waals surface area contributed by atoms with Gasteiger partial charge in [0, 0.05) is 0 Å². The summed E-state index contributed by atoms with van der Waals surface area (Å²) in [5.74, 6) is -0.325. The van der Waals surface area contributed by atoms with Gasteiger partial charge in [0.2, 0.25) is 11.8 Å². The minimum Gasteiger partial charge on any atom is -0.274 e. The van der Waals surface area contributed by atoms with Crippen LogP contribution in [0.2, 0.25) is 0 Å². The van der Waals surface area contributed by atoms with Crippen LogP contribution in [0.1, 0.15) is 12.0 Å². The molecule has 98 valence electrons. The Hall–Kier alpha value is -2.41. The van der Waals surface area contributed by atoms with Crippen molar-refractivity contribution >= 4 is 17.5 Å². The van der Waals surface area contributed by atoms with Crippen LogP contribution in [0.3, 0.4) is 0 Å². The van der Waals surface area contributed by atoms with E-state index in [1.54, 1.807) is 24.3 Å². The zero-order chi connectivity index (χ0) is 13.9. The molecule has 0 aromatic heterocycles. The number of allylic oxidation sites excluding steroid dienone is 2. The number of rotatable bonds is 1. The SMILES string of the molecule is N#Cc1ccccc1N1C(=O)[C@@H]2[C@@H](C1=O)[C@H]1C=C[C@@H]2C1. The lowest BCUT2D eigenvalue weighted by molar-refractivity contribution is -0.123. The Bertz CT molecular complexity index is 671. The van der Waals surface area contributed by atoms with Gasteiger partial charge in [0.05, 0.1) is 23.1 Å². The maximum absolute atomic E-state index is 12.6. The number of nitrogens with zero attached hydrogens (tertiary/aromatic N) is 2. The van der Waals surface area contributed by atoms with E-state index in [2.05, 4.69) is 18.2 Å². The summed E-state index contributed by atoms with van der Waals surface area (Å²) in [6, 6.07) is 8.85. The summed E-state index contributed by atoms with van der Waals surface area (Å²) >= 11 is 0. The second-order valence-corrected chi connectivity index (χ2v) is 5.64. The molecule has 1 aromatic rings. The Morgan fingerprint density at radius 3 is 2.25 bits per heavy atom. The molecule has 4 rings (SSSR count). The first-order chi connectivity index (χ1) is 9.72. The fraction of sp³-hybridized carbons (Fsp3) is 0.312. The highest BCUT2D eigenvalue weighted by Gasteiger charge is 2.59. The molecule has 20 heavy (non-hydrogen) atoms. The predicted octanol–water partition coefficient (Wildman–Crippen LogP) is 1.87. The van der Waals surface area contributed by atoms with Crippen molar-refractivity contribution in [2.24, 2.45) is 23.7 Å². The molecule has 1 aliphatic heterocycles. The van der Waals surface area contributed by atoms with Crippen LogP contribution in [-0.2, 0) is 9.59 Å². The van der Waals surface area contributed by atoms with Crippen LogP contribution in [0.5, 0.6) is 0 Å². The van der Waals surface area contributed by atoms with Crippen molar-refractivity contribution in [1.82, 2.24) is 0 Å². The Kier molecular flexibility index (Phi) is 2.17. The van der Waals surface area contributed by atoms with E-state index in [1.165, 1.54) is 4.90 Å². The van der Waals surface area contributed by atoms with Gasteiger partial charge in [-0.3, -0.25) is 9.59 Å². The summed E-state index contributed by atoms with van der Waals surface area (Å²) in [6.07, 6.45) is 5.05. The summed E-state index contributed by atoms with van der Waals surface area (Å²) in [4.78, 5) is 26.5. The van der Waals surface area contributed by atoms with E-state index in [0.717, 1.165) is 6.42 Å². The summed E-state index contributed by atoms with van der Waals surface area (Å²) in [5.41, 5.74) is 0.799. The predicted molar refractivity (Wildman–Crippen MR) is 71.4 cm³/mol. The quantitative estimate of drug-likeness (QED) is 0.574. The summed E-state index contributed by atoms with van der Waals surface area (Å²) < 4.78 is 0. The third-order valence-corrected chi connectivity index (χ3v) is 4.74. The second kappa shape index (κ2) is 3.80. The topological polar surface area (TPSA) is 61.2 Å². The number of carbonyl (C=O) groups is 2. The molecule has 1 aromatic carbocycles. The zero-order valence-corrected chi connectivity index (χ0v) is 10.7. The molecule has 0 N–H and O–H groups in total. The number of nitriles is 1. The first-order valence-electron chi connectivity index (χ1n) is 6.77. The molecule has 1 saturated carbocycles. The minimum atomic E-state index is -0.218. The fourth-order valence-corrected chi connectivity index (χ4v) is 3.90. The Balaban J connectivity index is 1.81. The lowest BCUT2D eigenvalue weighted by Gasteiger charge is -2.18. The Morgan fingerprint density at radius 1 is 1.05 bits per heavy atom. The molecule has 1 saturated heterocycles. The van der Waals surface area contributed by atoms with Gasteiger partial charge in [-0.25, -0.2) is 4.90 Å². The van der Waals surface area contributed by atoms with Gasteiger partial charge >= 0.3 is 0 Å². The maximum Gasteiger partial charge on any atom is 0.238 e. The number of hydrogen-bond donors (Lipinski definition) is 0. The smallest absolute Gasteiger partial charge is 0.238 e. The standard InChI is InChI=1S/C16H12N2O2/c17-8-11-3-1-2-4-12(11)18-15(19)13-9-5-6-10(7-9)14(13)16(18)20/h1-6,9-10,13-14H,7H2/t9-,10+,13-,14-/m0/s1. The number of hydrogen-bond acceptors (Lipinski definition) is 3. The highest BCUT2D eigenvalue weighted by molar-refractivity contribution is 6.23. The third-order valence-electron chi connectivity index (χ3n) is 4.74. The number of anilines is 1. The largest absolute Gasteiger partial charge is 0.274 e. The van der Waals surface area contributed by atoms with Crippen molar-refractivity contribution in [1.29, 1.82) is 5.26 Å². The number of benzene rings is 1. The normalized spacial score (nSPS) is 33.6. The maximum atomic E-state index is 12.6. The number of imide groups is 1. The molecule has 0 unspecified atom stereocenters. The molecule has 2 bridgehead atoms. The molecule has 0 radical (unpaired) electrons. The lowest BCUT2D eigenvalue weighted by atomic mass is 9.85. The van der Waals surface area contributed by atoms with Crippen molar-refractivity contribution < 1.29 is 9.59 Å². The molecule has 1 heterocycles. The van der Waals surface area contributed by atoms with Gasteiger partial charge in [0.25, 0.3) is 0 Å². The van der Waals surface area contributed by atoms with E-state index in [-0.39, 0.29) is 35.5 Å².